The van der Waals surface area contributed by atoms with Gasteiger partial charge in [0.1, 0.15) is 17.8 Å². The maximum absolute atomic E-state index is 13.7. The van der Waals surface area contributed by atoms with E-state index in [-0.39, 0.29) is 31.0 Å². The second kappa shape index (κ2) is 13.6. The number of piperazine rings is 1. The molecular formula is C37H40N6O7S. The average Bonchev–Trinajstić information content (AvgIpc) is 3.59. The molecule has 0 aliphatic carbocycles. The molecule has 0 radical (unpaired) electrons. The zero-order chi connectivity index (χ0) is 36.1. The Balaban J connectivity index is 1.29. The summed E-state index contributed by atoms with van der Waals surface area (Å²) in [6.45, 7) is 6.81. The van der Waals surface area contributed by atoms with Crippen molar-refractivity contribution in [3.8, 4) is 34.8 Å². The number of carbonyl (C=O) groups is 2. The predicted octanol–water partition coefficient (Wildman–Crippen LogP) is 3.59. The first-order valence-electron chi connectivity index (χ1n) is 16.9. The molecule has 14 heteroatoms. The number of rotatable bonds is 7. The summed E-state index contributed by atoms with van der Waals surface area (Å²) in [6.07, 6.45) is 0.837. The first kappa shape index (κ1) is 34.4. The number of hydrogen-bond donors (Lipinski definition) is 5. The third kappa shape index (κ3) is 5.94. The van der Waals surface area contributed by atoms with Crippen LogP contribution in [0.2, 0.25) is 0 Å². The molecule has 3 aromatic rings. The molecule has 4 aliphatic rings. The summed E-state index contributed by atoms with van der Waals surface area (Å²) in [5, 5.41) is 35.6. The maximum atomic E-state index is 13.7. The highest BCUT2D eigenvalue weighted by Crippen LogP contribution is 2.56. The van der Waals surface area contributed by atoms with Crippen LogP contribution >= 0.6 is 12.2 Å². The molecule has 51 heavy (non-hydrogen) atoms. The van der Waals surface area contributed by atoms with Gasteiger partial charge >= 0.3 is 5.97 Å². The quantitative estimate of drug-likeness (QED) is 0.137. The molecule has 4 aliphatic heterocycles. The molecule has 1 fully saturated rings. The molecule has 7 rings (SSSR count). The zero-order valence-electron chi connectivity index (χ0n) is 29.0. The monoisotopic (exact) mass is 712 g/mol. The summed E-state index contributed by atoms with van der Waals surface area (Å²) in [5.74, 6) is 0.951. The number of carbonyl (C=O) groups excluding carboxylic acids is 2. The maximum Gasteiger partial charge on any atom is 0.308 e. The molecule has 1 amide bonds. The molecule has 0 aromatic heterocycles. The Morgan fingerprint density at radius 3 is 2.61 bits per heavy atom. The van der Waals surface area contributed by atoms with Gasteiger partial charge in [0.2, 0.25) is 12.7 Å². The number of aromatic hydroxyl groups is 1. The first-order chi connectivity index (χ1) is 24.5. The van der Waals surface area contributed by atoms with Crippen LogP contribution in [0.1, 0.15) is 59.3 Å². The Bertz CT molecular complexity index is 1970. The number of phenols is 1. The number of thiocarbonyl (C=S) groups is 1. The topological polar surface area (TPSA) is 166 Å². The molecule has 1 unspecified atom stereocenters. The van der Waals surface area contributed by atoms with Crippen molar-refractivity contribution in [2.45, 2.75) is 76.8 Å². The lowest BCUT2D eigenvalue weighted by Crippen LogP contribution is -2.68. The lowest BCUT2D eigenvalue weighted by Gasteiger charge is -2.56. The number of nitrogens with one attached hydrogen (secondary N) is 4. The third-order valence-corrected chi connectivity index (χ3v) is 10.5. The van der Waals surface area contributed by atoms with E-state index in [0.29, 0.717) is 57.6 Å². The molecule has 266 valence electrons. The van der Waals surface area contributed by atoms with Crippen LogP contribution < -0.4 is 40.2 Å². The number of hydrogen-bond acceptors (Lipinski definition) is 11. The fourth-order valence-corrected chi connectivity index (χ4v) is 8.49. The van der Waals surface area contributed by atoms with Gasteiger partial charge in [-0.05, 0) is 69.1 Å². The van der Waals surface area contributed by atoms with Crippen LogP contribution in [0.4, 0.5) is 5.69 Å². The largest absolute Gasteiger partial charge is 0.504 e. The SMILES string of the molecule is COc1c(C)cc2c(c1O)[C@@H]1N[C@H](C2)[C@H](C#N)N2C1Cc1c(OC(C)=O)c(C)c3c(c1[C@@H]2CNC(=O)[C@H](C)NC(=S)Nc1ccccc1)OCO3. The lowest BCUT2D eigenvalue weighted by atomic mass is 9.72. The number of esters is 1. The summed E-state index contributed by atoms with van der Waals surface area (Å²) in [6, 6.07) is 10.9. The standard InChI is InChI=1S/C37H40N6O7S/c1-17-11-21-12-24-26(14-38)43-25(30(42-24)28(21)31(45)32(17)47-5)13-23-29(35-34(48-16-49-35)18(2)33(23)50-20(4)44)27(43)15-39-36(46)19(3)40-37(51)41-22-9-7-6-8-10-22/h6-11,19,24-27,30,42,45H,12-13,15-16H2,1-5H3,(H,39,46)(H2,40,41,51)/t19-,24+,25?,26-,27-,30+/m0/s1. The number of phenolic OH excluding ortho intramolecular Hbond substituents is 1. The fraction of sp³-hybridized carbons (Fsp3) is 0.405. The van der Waals surface area contributed by atoms with E-state index < -0.39 is 36.2 Å². The van der Waals surface area contributed by atoms with Gasteiger partial charge in [0, 0.05) is 53.5 Å². The Morgan fingerprint density at radius 1 is 1.16 bits per heavy atom. The molecule has 4 heterocycles. The van der Waals surface area contributed by atoms with Gasteiger partial charge in [0.25, 0.3) is 0 Å². The van der Waals surface area contributed by atoms with Crippen molar-refractivity contribution in [3.05, 3.63) is 69.8 Å². The average molecular weight is 713 g/mol. The van der Waals surface area contributed by atoms with Crippen molar-refractivity contribution in [2.24, 2.45) is 0 Å². The van der Waals surface area contributed by atoms with Crippen LogP contribution in [-0.2, 0) is 22.4 Å². The van der Waals surface area contributed by atoms with Gasteiger partial charge in [-0.25, -0.2) is 0 Å². The Labute approximate surface area is 301 Å². The minimum absolute atomic E-state index is 0.0314. The minimum Gasteiger partial charge on any atom is -0.504 e. The molecular weight excluding hydrogens is 673 g/mol. The molecule has 3 aromatic carbocycles. The zero-order valence-corrected chi connectivity index (χ0v) is 29.8. The van der Waals surface area contributed by atoms with E-state index >= 15 is 0 Å². The number of nitrogens with zero attached hydrogens (tertiary/aromatic N) is 2. The lowest BCUT2D eigenvalue weighted by molar-refractivity contribution is -0.132. The van der Waals surface area contributed by atoms with E-state index in [1.54, 1.807) is 6.92 Å². The minimum atomic E-state index is -0.707. The molecule has 6 atom stereocenters. The van der Waals surface area contributed by atoms with Crippen LogP contribution in [-0.4, -0.2) is 71.6 Å². The van der Waals surface area contributed by atoms with Crippen LogP contribution in [0, 0.1) is 25.2 Å². The smallest absolute Gasteiger partial charge is 0.308 e. The van der Waals surface area contributed by atoms with E-state index in [2.05, 4.69) is 32.2 Å². The molecule has 5 N–H and O–H groups in total. The van der Waals surface area contributed by atoms with Crippen molar-refractivity contribution < 1.29 is 33.6 Å². The van der Waals surface area contributed by atoms with Crippen molar-refractivity contribution in [2.75, 3.05) is 25.8 Å². The Kier molecular flexibility index (Phi) is 9.13. The van der Waals surface area contributed by atoms with Crippen molar-refractivity contribution in [1.82, 2.24) is 20.9 Å². The summed E-state index contributed by atoms with van der Waals surface area (Å²) < 4.78 is 23.5. The van der Waals surface area contributed by atoms with Gasteiger partial charge in [-0.3, -0.25) is 14.5 Å². The second-order valence-corrected chi connectivity index (χ2v) is 13.8. The molecule has 0 saturated carbocycles. The second-order valence-electron chi connectivity index (χ2n) is 13.3. The van der Waals surface area contributed by atoms with Crippen LogP contribution in [0.5, 0.6) is 28.7 Å². The van der Waals surface area contributed by atoms with E-state index in [0.717, 1.165) is 22.4 Å². The summed E-state index contributed by atoms with van der Waals surface area (Å²) in [7, 11) is 1.53. The highest BCUT2D eigenvalue weighted by Gasteiger charge is 2.54. The number of anilines is 1. The number of aryl methyl sites for hydroxylation is 1. The van der Waals surface area contributed by atoms with E-state index in [9.17, 15) is 20.0 Å². The third-order valence-electron chi connectivity index (χ3n) is 10.2. The Morgan fingerprint density at radius 2 is 1.90 bits per heavy atom. The van der Waals surface area contributed by atoms with Crippen molar-refractivity contribution >= 4 is 34.9 Å². The number of fused-ring (bicyclic) bond motifs is 9. The molecule has 0 spiro atoms. The highest BCUT2D eigenvalue weighted by atomic mass is 32.1. The molecule has 2 bridgehead atoms. The van der Waals surface area contributed by atoms with Gasteiger partial charge in [-0.1, -0.05) is 24.3 Å². The fourth-order valence-electron chi connectivity index (χ4n) is 8.20. The van der Waals surface area contributed by atoms with Gasteiger partial charge in [0.05, 0.1) is 25.3 Å². The van der Waals surface area contributed by atoms with Crippen molar-refractivity contribution in [1.29, 1.82) is 5.26 Å². The summed E-state index contributed by atoms with van der Waals surface area (Å²) in [4.78, 5) is 28.3. The van der Waals surface area contributed by atoms with Gasteiger partial charge in [-0.15, -0.1) is 0 Å². The number of para-hydroxylation sites is 1. The van der Waals surface area contributed by atoms with Crippen LogP contribution in [0.25, 0.3) is 0 Å². The highest BCUT2D eigenvalue weighted by molar-refractivity contribution is 7.80. The number of ether oxygens (including phenoxy) is 4. The number of benzene rings is 3. The van der Waals surface area contributed by atoms with Gasteiger partial charge < -0.3 is 45.3 Å². The number of methoxy groups -OCH3 is 1. The number of amides is 1. The number of nitriles is 1. The van der Waals surface area contributed by atoms with E-state index in [4.69, 9.17) is 31.2 Å². The van der Waals surface area contributed by atoms with Gasteiger partial charge in [-0.2, -0.15) is 5.26 Å². The van der Waals surface area contributed by atoms with Gasteiger partial charge in [0.15, 0.2) is 28.1 Å². The molecule has 13 nitrogen and oxygen atoms in total. The Hall–Kier alpha value is -5.10. The van der Waals surface area contributed by atoms with E-state index in [1.807, 2.05) is 50.2 Å². The summed E-state index contributed by atoms with van der Waals surface area (Å²) >= 11 is 5.47. The van der Waals surface area contributed by atoms with Crippen molar-refractivity contribution in [3.63, 3.8) is 0 Å². The predicted molar refractivity (Wildman–Crippen MR) is 191 cm³/mol. The van der Waals surface area contributed by atoms with Crippen LogP contribution in [0.3, 0.4) is 0 Å². The molecule has 1 saturated heterocycles. The summed E-state index contributed by atoms with van der Waals surface area (Å²) in [5.41, 5.74) is 5.26. The van der Waals surface area contributed by atoms with Crippen LogP contribution in [0.15, 0.2) is 36.4 Å². The normalized spacial score (nSPS) is 23.0. The van der Waals surface area contributed by atoms with E-state index in [1.165, 1.54) is 14.0 Å². The first-order valence-corrected chi connectivity index (χ1v) is 17.3.